The third kappa shape index (κ3) is 4.15. The number of aromatic hydroxyl groups is 1. The minimum atomic E-state index is -0.645. The fourth-order valence-electron chi connectivity index (χ4n) is 3.00. The number of hydrogen-bond acceptors (Lipinski definition) is 5. The van der Waals surface area contributed by atoms with Crippen molar-refractivity contribution < 1.29 is 15.3 Å². The fraction of sp³-hybridized carbons (Fsp3) is 0.688. The van der Waals surface area contributed by atoms with E-state index in [4.69, 9.17) is 0 Å². The lowest BCUT2D eigenvalue weighted by molar-refractivity contribution is 0.0249. The maximum Gasteiger partial charge on any atom is 0.141 e. The average molecular weight is 294 g/mol. The molecular weight excluding hydrogens is 268 g/mol. The van der Waals surface area contributed by atoms with Crippen LogP contribution in [0, 0.1) is 6.92 Å². The molecule has 1 fully saturated rings. The van der Waals surface area contributed by atoms with Crippen LogP contribution in [-0.2, 0) is 13.2 Å². The van der Waals surface area contributed by atoms with E-state index in [1.165, 1.54) is 12.8 Å². The molecule has 0 spiro atoms. The molecule has 0 atom stereocenters. The van der Waals surface area contributed by atoms with Gasteiger partial charge in [-0.25, -0.2) is 0 Å². The van der Waals surface area contributed by atoms with Crippen molar-refractivity contribution in [2.45, 2.75) is 64.2 Å². The first kappa shape index (κ1) is 16.2. The van der Waals surface area contributed by atoms with E-state index in [2.05, 4.69) is 10.3 Å². The second-order valence-corrected chi connectivity index (χ2v) is 6.10. The smallest absolute Gasteiger partial charge is 0.141 e. The molecule has 0 unspecified atom stereocenters. The molecule has 21 heavy (non-hydrogen) atoms. The molecule has 1 saturated carbocycles. The predicted octanol–water partition coefficient (Wildman–Crippen LogP) is 1.76. The van der Waals surface area contributed by atoms with Gasteiger partial charge in [-0.05, 0) is 19.8 Å². The van der Waals surface area contributed by atoms with Gasteiger partial charge in [0.05, 0.1) is 17.9 Å². The minimum Gasteiger partial charge on any atom is -0.506 e. The van der Waals surface area contributed by atoms with Gasteiger partial charge in [0.25, 0.3) is 0 Å². The Morgan fingerprint density at radius 1 is 1.24 bits per heavy atom. The van der Waals surface area contributed by atoms with E-state index in [0.717, 1.165) is 25.7 Å². The van der Waals surface area contributed by atoms with Gasteiger partial charge in [0.1, 0.15) is 5.75 Å². The Bertz CT molecular complexity index is 469. The van der Waals surface area contributed by atoms with Crippen LogP contribution in [-0.4, -0.2) is 32.4 Å². The van der Waals surface area contributed by atoms with Crippen molar-refractivity contribution in [2.75, 3.05) is 6.54 Å². The largest absolute Gasteiger partial charge is 0.506 e. The zero-order valence-corrected chi connectivity index (χ0v) is 12.7. The van der Waals surface area contributed by atoms with Gasteiger partial charge < -0.3 is 20.6 Å². The molecule has 118 valence electrons. The topological polar surface area (TPSA) is 85.6 Å². The molecule has 1 aromatic rings. The zero-order chi connectivity index (χ0) is 15.3. The SMILES string of the molecule is Cc1ncc(CO)c(CNCC2(O)CCCCCC2)c1O. The summed E-state index contributed by atoms with van der Waals surface area (Å²) >= 11 is 0. The van der Waals surface area contributed by atoms with E-state index in [9.17, 15) is 15.3 Å². The molecule has 5 nitrogen and oxygen atoms in total. The maximum absolute atomic E-state index is 10.6. The Labute approximate surface area is 126 Å². The van der Waals surface area contributed by atoms with Crippen molar-refractivity contribution in [3.05, 3.63) is 23.0 Å². The molecule has 5 heteroatoms. The number of hydrogen-bond donors (Lipinski definition) is 4. The summed E-state index contributed by atoms with van der Waals surface area (Å²) in [6.07, 6.45) is 7.77. The van der Waals surface area contributed by atoms with E-state index in [1.807, 2.05) is 0 Å². The molecule has 0 amide bonds. The lowest BCUT2D eigenvalue weighted by Gasteiger charge is -2.27. The van der Waals surface area contributed by atoms with E-state index in [1.54, 1.807) is 13.1 Å². The number of nitrogens with one attached hydrogen (secondary N) is 1. The summed E-state index contributed by atoms with van der Waals surface area (Å²) in [5.41, 5.74) is 1.20. The highest BCUT2D eigenvalue weighted by atomic mass is 16.3. The van der Waals surface area contributed by atoms with Gasteiger partial charge in [-0.15, -0.1) is 0 Å². The van der Waals surface area contributed by atoms with E-state index in [-0.39, 0.29) is 12.4 Å². The van der Waals surface area contributed by atoms with Crippen molar-refractivity contribution in [2.24, 2.45) is 0 Å². The van der Waals surface area contributed by atoms with Crippen LogP contribution in [0.2, 0.25) is 0 Å². The molecule has 0 radical (unpaired) electrons. The van der Waals surface area contributed by atoms with E-state index < -0.39 is 5.60 Å². The molecule has 1 heterocycles. The normalized spacial score (nSPS) is 18.4. The number of nitrogens with zero attached hydrogens (tertiary/aromatic N) is 1. The van der Waals surface area contributed by atoms with Crippen LogP contribution in [0.1, 0.15) is 55.3 Å². The first-order valence-corrected chi connectivity index (χ1v) is 7.76. The molecular formula is C16H26N2O3. The van der Waals surface area contributed by atoms with Crippen LogP contribution in [0.5, 0.6) is 5.75 Å². The second kappa shape index (κ2) is 7.20. The Morgan fingerprint density at radius 2 is 1.90 bits per heavy atom. The van der Waals surface area contributed by atoms with Gasteiger partial charge in [0, 0.05) is 30.4 Å². The molecule has 1 aliphatic rings. The summed E-state index contributed by atoms with van der Waals surface area (Å²) in [6, 6.07) is 0. The Kier molecular flexibility index (Phi) is 5.56. The van der Waals surface area contributed by atoms with Crippen molar-refractivity contribution in [1.29, 1.82) is 0 Å². The third-order valence-electron chi connectivity index (χ3n) is 4.39. The number of aliphatic hydroxyl groups excluding tert-OH is 1. The van der Waals surface area contributed by atoms with Crippen molar-refractivity contribution in [1.82, 2.24) is 10.3 Å². The molecule has 0 saturated heterocycles. The molecule has 0 bridgehead atoms. The summed E-state index contributed by atoms with van der Waals surface area (Å²) in [6.45, 7) is 2.52. The number of aromatic nitrogens is 1. The molecule has 2 rings (SSSR count). The first-order valence-electron chi connectivity index (χ1n) is 7.76. The summed E-state index contributed by atoms with van der Waals surface area (Å²) in [4.78, 5) is 4.05. The molecule has 0 aliphatic heterocycles. The Morgan fingerprint density at radius 3 is 2.52 bits per heavy atom. The second-order valence-electron chi connectivity index (χ2n) is 6.10. The fourth-order valence-corrected chi connectivity index (χ4v) is 3.00. The Balaban J connectivity index is 1.98. The van der Waals surface area contributed by atoms with E-state index in [0.29, 0.717) is 29.9 Å². The molecule has 4 N–H and O–H groups in total. The van der Waals surface area contributed by atoms with Gasteiger partial charge in [0.15, 0.2) is 0 Å². The highest BCUT2D eigenvalue weighted by molar-refractivity contribution is 5.40. The summed E-state index contributed by atoms with van der Waals surface area (Å²) in [5, 5.41) is 33.2. The van der Waals surface area contributed by atoms with Gasteiger partial charge in [-0.2, -0.15) is 0 Å². The van der Waals surface area contributed by atoms with E-state index >= 15 is 0 Å². The summed E-state index contributed by atoms with van der Waals surface area (Å²) in [7, 11) is 0. The Hall–Kier alpha value is -1.17. The summed E-state index contributed by atoms with van der Waals surface area (Å²) in [5.74, 6) is 0.127. The van der Waals surface area contributed by atoms with Crippen LogP contribution in [0.15, 0.2) is 6.20 Å². The minimum absolute atomic E-state index is 0.127. The number of aliphatic hydroxyl groups is 2. The highest BCUT2D eigenvalue weighted by Gasteiger charge is 2.27. The van der Waals surface area contributed by atoms with Crippen LogP contribution >= 0.6 is 0 Å². The van der Waals surface area contributed by atoms with Crippen molar-refractivity contribution in [3.63, 3.8) is 0 Å². The van der Waals surface area contributed by atoms with Crippen LogP contribution in [0.4, 0.5) is 0 Å². The number of aryl methyl sites for hydroxylation is 1. The van der Waals surface area contributed by atoms with Crippen LogP contribution in [0.3, 0.4) is 0 Å². The van der Waals surface area contributed by atoms with Crippen molar-refractivity contribution >= 4 is 0 Å². The quantitative estimate of drug-likeness (QED) is 0.622. The standard InChI is InChI=1S/C16H26N2O3/c1-12-15(20)14(13(10-19)8-18-12)9-17-11-16(21)6-4-2-3-5-7-16/h8,17,19-21H,2-7,9-11H2,1H3. The van der Waals surface area contributed by atoms with Crippen molar-refractivity contribution in [3.8, 4) is 5.75 Å². The monoisotopic (exact) mass is 294 g/mol. The third-order valence-corrected chi connectivity index (χ3v) is 4.39. The molecule has 0 aromatic carbocycles. The maximum atomic E-state index is 10.6. The number of pyridine rings is 1. The zero-order valence-electron chi connectivity index (χ0n) is 12.7. The lowest BCUT2D eigenvalue weighted by Crippen LogP contribution is -2.40. The molecule has 1 aliphatic carbocycles. The van der Waals surface area contributed by atoms with Gasteiger partial charge in [-0.3, -0.25) is 4.98 Å². The number of rotatable bonds is 5. The highest BCUT2D eigenvalue weighted by Crippen LogP contribution is 2.27. The average Bonchev–Trinajstić information content (AvgIpc) is 2.69. The van der Waals surface area contributed by atoms with Crippen LogP contribution in [0.25, 0.3) is 0 Å². The lowest BCUT2D eigenvalue weighted by atomic mass is 9.94. The van der Waals surface area contributed by atoms with Gasteiger partial charge >= 0.3 is 0 Å². The van der Waals surface area contributed by atoms with Crippen LogP contribution < -0.4 is 5.32 Å². The van der Waals surface area contributed by atoms with Gasteiger partial charge in [-0.1, -0.05) is 25.7 Å². The summed E-state index contributed by atoms with van der Waals surface area (Å²) < 4.78 is 0. The first-order chi connectivity index (χ1) is 10.1. The predicted molar refractivity (Wildman–Crippen MR) is 80.9 cm³/mol. The molecule has 1 aromatic heterocycles. The van der Waals surface area contributed by atoms with Gasteiger partial charge in [0.2, 0.25) is 0 Å².